The first-order valence-electron chi connectivity index (χ1n) is 8.12. The molecule has 0 bridgehead atoms. The van der Waals surface area contributed by atoms with Gasteiger partial charge in [0.1, 0.15) is 11.5 Å². The van der Waals surface area contributed by atoms with Crippen molar-refractivity contribution in [3.8, 4) is 45.5 Å². The lowest BCUT2D eigenvalue weighted by Gasteiger charge is -2.12. The predicted octanol–water partition coefficient (Wildman–Crippen LogP) is 4.45. The van der Waals surface area contributed by atoms with Crippen molar-refractivity contribution in [1.29, 1.82) is 0 Å². The van der Waals surface area contributed by atoms with Crippen molar-refractivity contribution in [2.75, 3.05) is 28.4 Å². The van der Waals surface area contributed by atoms with Crippen LogP contribution in [0, 0.1) is 0 Å². The molecular weight excluding hydrogens is 330 g/mol. The highest BCUT2D eigenvalue weighted by atomic mass is 16.5. The molecule has 0 amide bonds. The van der Waals surface area contributed by atoms with Crippen LogP contribution in [-0.4, -0.2) is 33.4 Å². The molecular formula is C21H21NO4. The SMILES string of the molecule is COc1ccc(-c2cccc(-c3ccc(OC)c(OC)c3)n2)c(OC)c1. The molecule has 0 fully saturated rings. The van der Waals surface area contributed by atoms with Crippen molar-refractivity contribution in [2.45, 2.75) is 0 Å². The quantitative estimate of drug-likeness (QED) is 0.657. The number of benzene rings is 2. The second-order valence-corrected chi connectivity index (χ2v) is 5.54. The summed E-state index contributed by atoms with van der Waals surface area (Å²) in [4.78, 5) is 4.79. The molecule has 0 spiro atoms. The van der Waals surface area contributed by atoms with Gasteiger partial charge in [0, 0.05) is 17.2 Å². The fourth-order valence-electron chi connectivity index (χ4n) is 2.75. The van der Waals surface area contributed by atoms with E-state index in [2.05, 4.69) is 0 Å². The number of methoxy groups -OCH3 is 4. The maximum atomic E-state index is 5.50. The molecule has 0 saturated heterocycles. The summed E-state index contributed by atoms with van der Waals surface area (Å²) in [5.41, 5.74) is 3.49. The molecule has 0 atom stereocenters. The number of aromatic nitrogens is 1. The van der Waals surface area contributed by atoms with Crippen LogP contribution in [-0.2, 0) is 0 Å². The Morgan fingerprint density at radius 1 is 0.615 bits per heavy atom. The maximum absolute atomic E-state index is 5.50. The third kappa shape index (κ3) is 3.42. The summed E-state index contributed by atoms with van der Waals surface area (Å²) < 4.78 is 21.4. The molecule has 0 N–H and O–H groups in total. The Bertz CT molecular complexity index is 908. The van der Waals surface area contributed by atoms with Gasteiger partial charge in [-0.3, -0.25) is 0 Å². The van der Waals surface area contributed by atoms with E-state index in [4.69, 9.17) is 23.9 Å². The zero-order valence-corrected chi connectivity index (χ0v) is 15.3. The predicted molar refractivity (Wildman–Crippen MR) is 101 cm³/mol. The summed E-state index contributed by atoms with van der Waals surface area (Å²) in [6.07, 6.45) is 0. The van der Waals surface area contributed by atoms with Crippen LogP contribution in [0.2, 0.25) is 0 Å². The highest BCUT2D eigenvalue weighted by Gasteiger charge is 2.11. The van der Waals surface area contributed by atoms with Crippen molar-refractivity contribution in [2.24, 2.45) is 0 Å². The summed E-state index contributed by atoms with van der Waals surface area (Å²) in [5.74, 6) is 2.80. The van der Waals surface area contributed by atoms with E-state index in [1.807, 2.05) is 54.6 Å². The van der Waals surface area contributed by atoms with E-state index >= 15 is 0 Å². The molecule has 0 aliphatic heterocycles. The van der Waals surface area contributed by atoms with Crippen LogP contribution < -0.4 is 18.9 Å². The third-order valence-corrected chi connectivity index (χ3v) is 4.11. The van der Waals surface area contributed by atoms with Crippen molar-refractivity contribution in [3.63, 3.8) is 0 Å². The Hall–Kier alpha value is -3.21. The molecule has 0 unspecified atom stereocenters. The van der Waals surface area contributed by atoms with Gasteiger partial charge < -0.3 is 18.9 Å². The van der Waals surface area contributed by atoms with Gasteiger partial charge in [0.05, 0.1) is 39.8 Å². The Morgan fingerprint density at radius 2 is 1.35 bits per heavy atom. The summed E-state index contributed by atoms with van der Waals surface area (Å²) in [7, 11) is 6.50. The maximum Gasteiger partial charge on any atom is 0.161 e. The lowest BCUT2D eigenvalue weighted by atomic mass is 10.1. The first-order chi connectivity index (χ1) is 12.7. The minimum Gasteiger partial charge on any atom is -0.497 e. The molecule has 1 heterocycles. The normalized spacial score (nSPS) is 10.3. The number of pyridine rings is 1. The van der Waals surface area contributed by atoms with E-state index < -0.39 is 0 Å². The highest BCUT2D eigenvalue weighted by molar-refractivity contribution is 5.72. The molecule has 3 aromatic rings. The summed E-state index contributed by atoms with van der Waals surface area (Å²) >= 11 is 0. The molecule has 0 aliphatic rings. The van der Waals surface area contributed by atoms with Gasteiger partial charge in [-0.15, -0.1) is 0 Å². The molecule has 0 saturated carbocycles. The fourth-order valence-corrected chi connectivity index (χ4v) is 2.75. The van der Waals surface area contributed by atoms with Crippen LogP contribution in [0.25, 0.3) is 22.5 Å². The number of ether oxygens (including phenoxy) is 4. The van der Waals surface area contributed by atoms with Gasteiger partial charge in [-0.25, -0.2) is 4.98 Å². The summed E-state index contributed by atoms with van der Waals surface area (Å²) in [5, 5.41) is 0. The number of nitrogens with zero attached hydrogens (tertiary/aromatic N) is 1. The lowest BCUT2D eigenvalue weighted by Crippen LogP contribution is -1.94. The highest BCUT2D eigenvalue weighted by Crippen LogP contribution is 2.35. The molecule has 1 aromatic heterocycles. The summed E-state index contributed by atoms with van der Waals surface area (Å²) in [6, 6.07) is 17.3. The van der Waals surface area contributed by atoms with Crippen molar-refractivity contribution in [3.05, 3.63) is 54.6 Å². The zero-order valence-electron chi connectivity index (χ0n) is 15.3. The number of rotatable bonds is 6. The molecule has 0 radical (unpaired) electrons. The van der Waals surface area contributed by atoms with Gasteiger partial charge in [-0.05, 0) is 42.5 Å². The van der Waals surface area contributed by atoms with E-state index in [1.165, 1.54) is 0 Å². The largest absolute Gasteiger partial charge is 0.497 e. The van der Waals surface area contributed by atoms with Crippen molar-refractivity contribution >= 4 is 0 Å². The zero-order chi connectivity index (χ0) is 18.5. The molecule has 0 aliphatic carbocycles. The Balaban J connectivity index is 2.04. The molecule has 2 aromatic carbocycles. The van der Waals surface area contributed by atoms with Gasteiger partial charge in [-0.2, -0.15) is 0 Å². The van der Waals surface area contributed by atoms with Gasteiger partial charge in [0.2, 0.25) is 0 Å². The van der Waals surface area contributed by atoms with Gasteiger partial charge >= 0.3 is 0 Å². The Morgan fingerprint density at radius 3 is 2.04 bits per heavy atom. The van der Waals surface area contributed by atoms with Crippen LogP contribution in [0.1, 0.15) is 0 Å². The van der Waals surface area contributed by atoms with Crippen LogP contribution in [0.3, 0.4) is 0 Å². The lowest BCUT2D eigenvalue weighted by molar-refractivity contribution is 0.355. The molecule has 5 nitrogen and oxygen atoms in total. The summed E-state index contributed by atoms with van der Waals surface area (Å²) in [6.45, 7) is 0. The molecule has 26 heavy (non-hydrogen) atoms. The van der Waals surface area contributed by atoms with E-state index in [-0.39, 0.29) is 0 Å². The topological polar surface area (TPSA) is 49.8 Å². The van der Waals surface area contributed by atoms with E-state index in [0.717, 1.165) is 28.3 Å². The van der Waals surface area contributed by atoms with Gasteiger partial charge in [0.25, 0.3) is 0 Å². The minimum atomic E-state index is 0.666. The third-order valence-electron chi connectivity index (χ3n) is 4.11. The van der Waals surface area contributed by atoms with Crippen molar-refractivity contribution in [1.82, 2.24) is 4.98 Å². The second-order valence-electron chi connectivity index (χ2n) is 5.54. The van der Waals surface area contributed by atoms with Crippen LogP contribution >= 0.6 is 0 Å². The average Bonchev–Trinajstić information content (AvgIpc) is 2.72. The number of hydrogen-bond donors (Lipinski definition) is 0. The van der Waals surface area contributed by atoms with Crippen LogP contribution in [0.15, 0.2) is 54.6 Å². The molecule has 5 heteroatoms. The first kappa shape index (κ1) is 17.6. The average molecular weight is 351 g/mol. The minimum absolute atomic E-state index is 0.666. The van der Waals surface area contributed by atoms with Crippen molar-refractivity contribution < 1.29 is 18.9 Å². The number of hydrogen-bond acceptors (Lipinski definition) is 5. The van der Waals surface area contributed by atoms with E-state index in [9.17, 15) is 0 Å². The van der Waals surface area contributed by atoms with Gasteiger partial charge in [0.15, 0.2) is 11.5 Å². The fraction of sp³-hybridized carbons (Fsp3) is 0.190. The van der Waals surface area contributed by atoms with E-state index in [1.54, 1.807) is 28.4 Å². The Labute approximate surface area is 153 Å². The first-order valence-corrected chi connectivity index (χ1v) is 8.12. The Kier molecular flexibility index (Phi) is 5.27. The monoisotopic (exact) mass is 351 g/mol. The standard InChI is InChI=1S/C21H21NO4/c1-23-15-9-10-16(20(13-15)25-3)18-7-5-6-17(22-18)14-8-11-19(24-2)21(12-14)26-4/h5-13H,1-4H3. The van der Waals surface area contributed by atoms with Crippen LogP contribution in [0.5, 0.6) is 23.0 Å². The van der Waals surface area contributed by atoms with Gasteiger partial charge in [-0.1, -0.05) is 6.07 Å². The second kappa shape index (κ2) is 7.78. The smallest absolute Gasteiger partial charge is 0.161 e. The van der Waals surface area contributed by atoms with Crippen LogP contribution in [0.4, 0.5) is 0 Å². The molecule has 134 valence electrons. The van der Waals surface area contributed by atoms with E-state index in [0.29, 0.717) is 17.2 Å². The molecule has 3 rings (SSSR count).